The Balaban J connectivity index is 1.61. The number of quaternary nitrogens is 1. The Morgan fingerprint density at radius 1 is 1.24 bits per heavy atom. The molecule has 1 aromatic heterocycles. The summed E-state index contributed by atoms with van der Waals surface area (Å²) in [5, 5.41) is 1.85. The summed E-state index contributed by atoms with van der Waals surface area (Å²) in [5.74, 6) is 1.17. The van der Waals surface area contributed by atoms with Crippen molar-refractivity contribution in [3.8, 4) is 5.75 Å². The maximum atomic E-state index is 12.6. The van der Waals surface area contributed by atoms with Crippen LogP contribution in [0.4, 0.5) is 5.69 Å². The van der Waals surface area contributed by atoms with Gasteiger partial charge < -0.3 is 14.5 Å². The Kier molecular flexibility index (Phi) is 5.50. The van der Waals surface area contributed by atoms with E-state index in [1.165, 1.54) is 4.90 Å². The van der Waals surface area contributed by atoms with Gasteiger partial charge in [-0.1, -0.05) is 13.3 Å². The Hall–Kier alpha value is -2.60. The van der Waals surface area contributed by atoms with E-state index >= 15 is 0 Å². The number of rotatable bonds is 8. The summed E-state index contributed by atoms with van der Waals surface area (Å²) in [6.07, 6.45) is 3.87. The van der Waals surface area contributed by atoms with Gasteiger partial charge in [-0.15, -0.1) is 0 Å². The molecular weight excluding hydrogens is 320 g/mol. The fraction of sp³-hybridized carbons (Fsp3) is 0.368. The van der Waals surface area contributed by atoms with E-state index in [-0.39, 0.29) is 18.2 Å². The molecule has 6 nitrogen and oxygen atoms in total. The zero-order valence-electron chi connectivity index (χ0n) is 14.3. The number of benzene rings is 1. The Labute approximate surface area is 146 Å². The molecule has 2 amide bonds. The van der Waals surface area contributed by atoms with Crippen molar-refractivity contribution in [1.82, 2.24) is 0 Å². The van der Waals surface area contributed by atoms with Gasteiger partial charge >= 0.3 is 0 Å². The van der Waals surface area contributed by atoms with Crippen LogP contribution in [0.15, 0.2) is 47.1 Å². The monoisotopic (exact) mass is 343 g/mol. The van der Waals surface area contributed by atoms with Gasteiger partial charge in [0, 0.05) is 0 Å². The number of nitrogens with zero attached hydrogens (tertiary/aromatic N) is 1. The third-order valence-electron chi connectivity index (χ3n) is 4.23. The number of furan rings is 1. The van der Waals surface area contributed by atoms with Crippen LogP contribution in [-0.4, -0.2) is 24.5 Å². The minimum absolute atomic E-state index is 0.176. The average molecular weight is 343 g/mol. The normalized spacial score (nSPS) is 17.3. The van der Waals surface area contributed by atoms with E-state index in [1.54, 1.807) is 36.6 Å². The first-order valence-corrected chi connectivity index (χ1v) is 8.64. The first-order chi connectivity index (χ1) is 12.2. The molecule has 0 spiro atoms. The summed E-state index contributed by atoms with van der Waals surface area (Å²) in [6.45, 7) is 3.31. The smallest absolute Gasteiger partial charge is 0.292 e. The molecule has 0 bridgehead atoms. The highest BCUT2D eigenvalue weighted by Crippen LogP contribution is 2.24. The molecule has 2 N–H and O–H groups in total. The van der Waals surface area contributed by atoms with Crippen LogP contribution >= 0.6 is 0 Å². The van der Waals surface area contributed by atoms with Crippen LogP contribution in [0.5, 0.6) is 5.75 Å². The van der Waals surface area contributed by atoms with Crippen molar-refractivity contribution in [2.45, 2.75) is 38.8 Å². The molecule has 0 unspecified atom stereocenters. The first kappa shape index (κ1) is 17.2. The number of hydrogen-bond acceptors (Lipinski definition) is 4. The third kappa shape index (κ3) is 4.09. The number of amides is 2. The molecule has 2 heterocycles. The van der Waals surface area contributed by atoms with Gasteiger partial charge in [0.05, 0.1) is 25.0 Å². The third-order valence-corrected chi connectivity index (χ3v) is 4.23. The molecule has 0 saturated carbocycles. The summed E-state index contributed by atoms with van der Waals surface area (Å²) in [5.41, 5.74) is 0.590. The van der Waals surface area contributed by atoms with E-state index in [0.717, 1.165) is 24.4 Å². The average Bonchev–Trinajstić information content (AvgIpc) is 3.22. The SMILES string of the molecule is CCCCOc1ccc(N2C(=O)C[C@@H]([NH2+]Cc3ccco3)C2=O)cc1. The summed E-state index contributed by atoms with van der Waals surface area (Å²) >= 11 is 0. The number of ether oxygens (including phenoxy) is 1. The summed E-state index contributed by atoms with van der Waals surface area (Å²) < 4.78 is 10.9. The lowest BCUT2D eigenvalue weighted by molar-refractivity contribution is -0.691. The van der Waals surface area contributed by atoms with E-state index in [1.807, 2.05) is 11.4 Å². The number of carbonyl (C=O) groups is 2. The number of hydrogen-bond donors (Lipinski definition) is 1. The van der Waals surface area contributed by atoms with Gasteiger partial charge in [0.25, 0.3) is 5.91 Å². The van der Waals surface area contributed by atoms with Crippen molar-refractivity contribution in [3.05, 3.63) is 48.4 Å². The molecule has 1 fully saturated rings. The number of imide groups is 1. The predicted molar refractivity (Wildman–Crippen MR) is 92.1 cm³/mol. The van der Waals surface area contributed by atoms with Gasteiger partial charge in [0.1, 0.15) is 12.3 Å². The summed E-state index contributed by atoms with van der Waals surface area (Å²) in [4.78, 5) is 26.1. The van der Waals surface area contributed by atoms with Gasteiger partial charge in [0.2, 0.25) is 5.91 Å². The second kappa shape index (κ2) is 7.98. The fourth-order valence-corrected chi connectivity index (χ4v) is 2.82. The molecule has 1 saturated heterocycles. The standard InChI is InChI=1S/C19H22N2O4/c1-2-3-10-24-15-8-6-14(7-9-15)21-18(22)12-17(19(21)23)20-13-16-5-4-11-25-16/h4-9,11,17,20H,2-3,10,12-13H2,1H3/p+1/t17-/m1/s1. The number of nitrogens with two attached hydrogens (primary N) is 1. The molecular formula is C19H23N2O4+. The zero-order valence-corrected chi connectivity index (χ0v) is 14.3. The van der Waals surface area contributed by atoms with Gasteiger partial charge in [-0.3, -0.25) is 9.59 Å². The van der Waals surface area contributed by atoms with Gasteiger partial charge in [-0.2, -0.15) is 0 Å². The fourth-order valence-electron chi connectivity index (χ4n) is 2.82. The Bertz CT molecular complexity index is 710. The van der Waals surface area contributed by atoms with Crippen molar-refractivity contribution in [3.63, 3.8) is 0 Å². The first-order valence-electron chi connectivity index (χ1n) is 8.64. The molecule has 1 aromatic carbocycles. The second-order valence-corrected chi connectivity index (χ2v) is 6.09. The van der Waals surface area contributed by atoms with Crippen LogP contribution in [0.3, 0.4) is 0 Å². The minimum atomic E-state index is -0.405. The van der Waals surface area contributed by atoms with Gasteiger partial charge in [0.15, 0.2) is 11.8 Å². The van der Waals surface area contributed by atoms with Crippen LogP contribution in [0.25, 0.3) is 0 Å². The molecule has 1 aliphatic rings. The van der Waals surface area contributed by atoms with Gasteiger partial charge in [-0.25, -0.2) is 4.90 Å². The van der Waals surface area contributed by atoms with Crippen LogP contribution in [0, 0.1) is 0 Å². The van der Waals surface area contributed by atoms with E-state index in [9.17, 15) is 9.59 Å². The lowest BCUT2D eigenvalue weighted by Gasteiger charge is -2.15. The van der Waals surface area contributed by atoms with Crippen molar-refractivity contribution in [2.24, 2.45) is 0 Å². The molecule has 6 heteroatoms. The van der Waals surface area contributed by atoms with Crippen LogP contribution < -0.4 is 15.0 Å². The number of carbonyl (C=O) groups excluding carboxylic acids is 2. The van der Waals surface area contributed by atoms with E-state index in [2.05, 4.69) is 6.92 Å². The van der Waals surface area contributed by atoms with Crippen molar-refractivity contribution in [1.29, 1.82) is 0 Å². The van der Waals surface area contributed by atoms with Gasteiger partial charge in [-0.05, 0) is 42.8 Å². The maximum absolute atomic E-state index is 12.6. The van der Waals surface area contributed by atoms with E-state index in [4.69, 9.17) is 9.15 Å². The molecule has 0 radical (unpaired) electrons. The van der Waals surface area contributed by atoms with Crippen molar-refractivity contribution in [2.75, 3.05) is 11.5 Å². The Morgan fingerprint density at radius 2 is 2.04 bits per heavy atom. The molecule has 1 atom stereocenters. The molecule has 0 aliphatic carbocycles. The van der Waals surface area contributed by atoms with E-state index in [0.29, 0.717) is 18.8 Å². The molecule has 2 aromatic rings. The number of unbranched alkanes of at least 4 members (excludes halogenated alkanes) is 1. The van der Waals surface area contributed by atoms with Crippen molar-refractivity contribution >= 4 is 17.5 Å². The molecule has 132 valence electrons. The minimum Gasteiger partial charge on any atom is -0.494 e. The lowest BCUT2D eigenvalue weighted by Crippen LogP contribution is -2.90. The van der Waals surface area contributed by atoms with E-state index < -0.39 is 6.04 Å². The molecule has 3 rings (SSSR count). The second-order valence-electron chi connectivity index (χ2n) is 6.09. The van der Waals surface area contributed by atoms with Crippen LogP contribution in [-0.2, 0) is 16.1 Å². The zero-order chi connectivity index (χ0) is 17.6. The van der Waals surface area contributed by atoms with Crippen molar-refractivity contribution < 1.29 is 24.1 Å². The van der Waals surface area contributed by atoms with Crippen LogP contribution in [0.1, 0.15) is 31.9 Å². The van der Waals surface area contributed by atoms with Crippen LogP contribution in [0.2, 0.25) is 0 Å². The Morgan fingerprint density at radius 3 is 2.72 bits per heavy atom. The highest BCUT2D eigenvalue weighted by Gasteiger charge is 2.42. The summed E-state index contributed by atoms with van der Waals surface area (Å²) in [6, 6.07) is 10.4. The highest BCUT2D eigenvalue weighted by atomic mass is 16.5. The maximum Gasteiger partial charge on any atom is 0.292 e. The summed E-state index contributed by atoms with van der Waals surface area (Å²) in [7, 11) is 0. The number of anilines is 1. The topological polar surface area (TPSA) is 76.4 Å². The quantitative estimate of drug-likeness (QED) is 0.586. The molecule has 25 heavy (non-hydrogen) atoms. The highest BCUT2D eigenvalue weighted by molar-refractivity contribution is 6.21. The lowest BCUT2D eigenvalue weighted by atomic mass is 10.2. The molecule has 1 aliphatic heterocycles. The largest absolute Gasteiger partial charge is 0.494 e. The predicted octanol–water partition coefficient (Wildman–Crippen LogP) is 1.85.